The lowest BCUT2D eigenvalue weighted by molar-refractivity contribution is -0.136. The molecule has 7 heteroatoms. The van der Waals surface area contributed by atoms with Crippen molar-refractivity contribution in [3.05, 3.63) is 65.7 Å². The van der Waals surface area contributed by atoms with Gasteiger partial charge < -0.3 is 20.2 Å². The standard InChI is InChI=1S/C17H16N2O5/c20-15(21)8-9-18-16(22)13(11-12-5-2-1-3-6-12)19-17(23)14-7-4-10-24-14/h1-7,10-11H,8-9H2,(H,18,22)(H,19,23)(H,20,21)/b13-11-. The zero-order chi connectivity index (χ0) is 17.4. The second-order valence-corrected chi connectivity index (χ2v) is 4.80. The monoisotopic (exact) mass is 328 g/mol. The first-order valence-electron chi connectivity index (χ1n) is 7.18. The van der Waals surface area contributed by atoms with Gasteiger partial charge in [0.15, 0.2) is 5.76 Å². The zero-order valence-corrected chi connectivity index (χ0v) is 12.7. The Balaban J connectivity index is 2.14. The lowest BCUT2D eigenvalue weighted by atomic mass is 10.2. The minimum absolute atomic E-state index is 0.00649. The molecule has 1 heterocycles. The van der Waals surface area contributed by atoms with Gasteiger partial charge in [-0.1, -0.05) is 30.3 Å². The summed E-state index contributed by atoms with van der Waals surface area (Å²) in [5.74, 6) is -2.12. The van der Waals surface area contributed by atoms with Crippen molar-refractivity contribution in [2.75, 3.05) is 6.54 Å². The number of rotatable bonds is 7. The van der Waals surface area contributed by atoms with Crippen LogP contribution in [0.25, 0.3) is 6.08 Å². The molecule has 0 aliphatic rings. The molecule has 0 aliphatic carbocycles. The fraction of sp³-hybridized carbons (Fsp3) is 0.118. The smallest absolute Gasteiger partial charge is 0.305 e. The lowest BCUT2D eigenvalue weighted by Gasteiger charge is -2.09. The van der Waals surface area contributed by atoms with Crippen molar-refractivity contribution in [2.24, 2.45) is 0 Å². The number of hydrogen-bond donors (Lipinski definition) is 3. The zero-order valence-electron chi connectivity index (χ0n) is 12.7. The van der Waals surface area contributed by atoms with Crippen LogP contribution in [0.5, 0.6) is 0 Å². The van der Waals surface area contributed by atoms with E-state index in [4.69, 9.17) is 9.52 Å². The third kappa shape index (κ3) is 5.13. The molecule has 0 radical (unpaired) electrons. The third-order valence-electron chi connectivity index (χ3n) is 2.97. The Hall–Kier alpha value is -3.35. The van der Waals surface area contributed by atoms with Gasteiger partial charge in [-0.25, -0.2) is 0 Å². The topological polar surface area (TPSA) is 109 Å². The minimum atomic E-state index is -1.02. The third-order valence-corrected chi connectivity index (χ3v) is 2.97. The first-order chi connectivity index (χ1) is 11.6. The molecular formula is C17H16N2O5. The highest BCUT2D eigenvalue weighted by Crippen LogP contribution is 2.07. The van der Waals surface area contributed by atoms with Gasteiger partial charge in [0.1, 0.15) is 5.70 Å². The fourth-order valence-corrected chi connectivity index (χ4v) is 1.84. The Bertz CT molecular complexity index is 736. The number of carbonyl (C=O) groups excluding carboxylic acids is 2. The van der Waals surface area contributed by atoms with Crippen LogP contribution < -0.4 is 10.6 Å². The van der Waals surface area contributed by atoms with E-state index in [0.717, 1.165) is 0 Å². The summed E-state index contributed by atoms with van der Waals surface area (Å²) in [5, 5.41) is 13.5. The fourth-order valence-electron chi connectivity index (χ4n) is 1.84. The largest absolute Gasteiger partial charge is 0.481 e. The van der Waals surface area contributed by atoms with E-state index in [2.05, 4.69) is 10.6 Å². The Morgan fingerprint density at radius 2 is 1.83 bits per heavy atom. The lowest BCUT2D eigenvalue weighted by Crippen LogP contribution is -2.35. The normalized spacial score (nSPS) is 10.9. The van der Waals surface area contributed by atoms with Crippen LogP contribution in [-0.4, -0.2) is 29.4 Å². The summed E-state index contributed by atoms with van der Waals surface area (Å²) in [5.41, 5.74) is 0.702. The van der Waals surface area contributed by atoms with Crippen LogP contribution in [-0.2, 0) is 9.59 Å². The first-order valence-corrected chi connectivity index (χ1v) is 7.18. The molecule has 2 rings (SSSR count). The highest BCUT2D eigenvalue weighted by molar-refractivity contribution is 6.04. The first kappa shape index (κ1) is 17.0. The van der Waals surface area contributed by atoms with Crippen molar-refractivity contribution < 1.29 is 23.9 Å². The average molecular weight is 328 g/mol. The maximum Gasteiger partial charge on any atom is 0.305 e. The van der Waals surface area contributed by atoms with E-state index in [9.17, 15) is 14.4 Å². The van der Waals surface area contributed by atoms with E-state index in [1.165, 1.54) is 18.4 Å². The summed E-state index contributed by atoms with van der Waals surface area (Å²) in [4.78, 5) is 34.8. The molecular weight excluding hydrogens is 312 g/mol. The van der Waals surface area contributed by atoms with Crippen molar-refractivity contribution in [1.82, 2.24) is 10.6 Å². The van der Waals surface area contributed by atoms with Crippen LogP contribution in [0.4, 0.5) is 0 Å². The average Bonchev–Trinajstić information content (AvgIpc) is 3.09. The molecule has 124 valence electrons. The SMILES string of the molecule is O=C(O)CCNC(=O)/C(=C/c1ccccc1)NC(=O)c1ccco1. The van der Waals surface area contributed by atoms with Gasteiger partial charge in [-0.05, 0) is 23.8 Å². The molecule has 3 N–H and O–H groups in total. The summed E-state index contributed by atoms with van der Waals surface area (Å²) in [6.45, 7) is -0.0447. The molecule has 0 atom stereocenters. The molecule has 24 heavy (non-hydrogen) atoms. The highest BCUT2D eigenvalue weighted by atomic mass is 16.4. The molecule has 1 aromatic carbocycles. The van der Waals surface area contributed by atoms with Crippen molar-refractivity contribution in [3.63, 3.8) is 0 Å². The molecule has 0 bridgehead atoms. The summed E-state index contributed by atoms with van der Waals surface area (Å²) in [6, 6.07) is 12.0. The van der Waals surface area contributed by atoms with Crippen LogP contribution in [0.2, 0.25) is 0 Å². The number of benzene rings is 1. The molecule has 0 saturated carbocycles. The molecule has 0 aliphatic heterocycles. The van der Waals surface area contributed by atoms with Crippen LogP contribution in [0.3, 0.4) is 0 Å². The van der Waals surface area contributed by atoms with Crippen molar-refractivity contribution in [1.29, 1.82) is 0 Å². The maximum absolute atomic E-state index is 12.2. The predicted octanol–water partition coefficient (Wildman–Crippen LogP) is 1.64. The number of carboxylic acids is 1. The van der Waals surface area contributed by atoms with E-state index < -0.39 is 17.8 Å². The van der Waals surface area contributed by atoms with Gasteiger partial charge in [0, 0.05) is 6.54 Å². The molecule has 0 unspecified atom stereocenters. The number of nitrogens with one attached hydrogen (secondary N) is 2. The second-order valence-electron chi connectivity index (χ2n) is 4.80. The molecule has 0 spiro atoms. The summed E-state index contributed by atoms with van der Waals surface area (Å²) in [6.07, 6.45) is 2.63. The van der Waals surface area contributed by atoms with Crippen LogP contribution >= 0.6 is 0 Å². The Kier molecular flexibility index (Phi) is 5.90. The van der Waals surface area contributed by atoms with E-state index in [1.54, 1.807) is 30.3 Å². The van der Waals surface area contributed by atoms with Crippen LogP contribution in [0, 0.1) is 0 Å². The van der Waals surface area contributed by atoms with Gasteiger partial charge in [-0.15, -0.1) is 0 Å². The number of carbonyl (C=O) groups is 3. The molecule has 0 saturated heterocycles. The number of carboxylic acid groups (broad SMARTS) is 1. The second kappa shape index (κ2) is 8.33. The summed E-state index contributed by atoms with van der Waals surface area (Å²) < 4.78 is 4.99. The van der Waals surface area contributed by atoms with Crippen molar-refractivity contribution in [2.45, 2.75) is 6.42 Å². The molecule has 0 fully saturated rings. The maximum atomic E-state index is 12.2. The van der Waals surface area contributed by atoms with Gasteiger partial charge in [0.05, 0.1) is 12.7 Å². The van der Waals surface area contributed by atoms with Gasteiger partial charge in [-0.3, -0.25) is 14.4 Å². The van der Waals surface area contributed by atoms with E-state index in [1.807, 2.05) is 6.07 Å². The van der Waals surface area contributed by atoms with E-state index in [-0.39, 0.29) is 24.4 Å². The van der Waals surface area contributed by atoms with Gasteiger partial charge in [-0.2, -0.15) is 0 Å². The highest BCUT2D eigenvalue weighted by Gasteiger charge is 2.16. The molecule has 2 amide bonds. The number of furan rings is 1. The van der Waals surface area contributed by atoms with E-state index in [0.29, 0.717) is 5.56 Å². The predicted molar refractivity (Wildman–Crippen MR) is 85.9 cm³/mol. The molecule has 1 aromatic heterocycles. The van der Waals surface area contributed by atoms with Gasteiger partial charge >= 0.3 is 5.97 Å². The molecule has 7 nitrogen and oxygen atoms in total. The van der Waals surface area contributed by atoms with Gasteiger partial charge in [0.2, 0.25) is 0 Å². The summed E-state index contributed by atoms with van der Waals surface area (Å²) >= 11 is 0. The van der Waals surface area contributed by atoms with Gasteiger partial charge in [0.25, 0.3) is 11.8 Å². The summed E-state index contributed by atoms with van der Waals surface area (Å²) in [7, 11) is 0. The van der Waals surface area contributed by atoms with Crippen LogP contribution in [0.1, 0.15) is 22.5 Å². The van der Waals surface area contributed by atoms with Crippen LogP contribution in [0.15, 0.2) is 58.8 Å². The Morgan fingerprint density at radius 1 is 1.08 bits per heavy atom. The van der Waals surface area contributed by atoms with Crippen molar-refractivity contribution >= 4 is 23.9 Å². The Labute approximate surface area is 138 Å². The number of aliphatic carboxylic acids is 1. The Morgan fingerprint density at radius 3 is 2.46 bits per heavy atom. The van der Waals surface area contributed by atoms with E-state index >= 15 is 0 Å². The number of amides is 2. The minimum Gasteiger partial charge on any atom is -0.481 e. The quantitative estimate of drug-likeness (QED) is 0.670. The van der Waals surface area contributed by atoms with Crippen molar-refractivity contribution in [3.8, 4) is 0 Å². The molecule has 2 aromatic rings. The number of hydrogen-bond acceptors (Lipinski definition) is 4.